The lowest BCUT2D eigenvalue weighted by atomic mass is 10.1. The maximum absolute atomic E-state index is 4.52. The number of nitrogens with zero attached hydrogens (tertiary/aromatic N) is 2. The topological polar surface area (TPSA) is 53.6 Å². The van der Waals surface area contributed by atoms with Crippen LogP contribution in [0.4, 0.5) is 5.69 Å². The van der Waals surface area contributed by atoms with Crippen molar-refractivity contribution < 1.29 is 0 Å². The summed E-state index contributed by atoms with van der Waals surface area (Å²) in [6, 6.07) is 10.5. The summed E-state index contributed by atoms with van der Waals surface area (Å²) in [4.78, 5) is 4.52. The van der Waals surface area contributed by atoms with E-state index in [2.05, 4.69) is 44.8 Å². The number of benzene rings is 1. The second-order valence-electron chi connectivity index (χ2n) is 5.14. The molecule has 102 valence electrons. The van der Waals surface area contributed by atoms with Crippen LogP contribution < -0.4 is 5.32 Å². The second-order valence-corrected chi connectivity index (χ2v) is 5.14. The molecular formula is C16H18N4. The summed E-state index contributed by atoms with van der Waals surface area (Å²) in [7, 11) is 0. The van der Waals surface area contributed by atoms with Gasteiger partial charge in [-0.2, -0.15) is 5.10 Å². The molecule has 20 heavy (non-hydrogen) atoms. The van der Waals surface area contributed by atoms with Gasteiger partial charge in [0.2, 0.25) is 0 Å². The molecule has 0 spiro atoms. The van der Waals surface area contributed by atoms with Crippen molar-refractivity contribution in [1.82, 2.24) is 15.2 Å². The number of aryl methyl sites for hydroxylation is 3. The Bertz CT molecular complexity index is 739. The molecule has 0 radical (unpaired) electrons. The number of hydrogen-bond donors (Lipinski definition) is 2. The van der Waals surface area contributed by atoms with Gasteiger partial charge in [0.1, 0.15) is 0 Å². The van der Waals surface area contributed by atoms with Gasteiger partial charge in [-0.05, 0) is 44.5 Å². The highest BCUT2D eigenvalue weighted by molar-refractivity contribution is 5.79. The molecular weight excluding hydrogens is 248 g/mol. The van der Waals surface area contributed by atoms with E-state index in [4.69, 9.17) is 0 Å². The lowest BCUT2D eigenvalue weighted by Gasteiger charge is -2.08. The van der Waals surface area contributed by atoms with Crippen LogP contribution >= 0.6 is 0 Å². The number of aromatic amines is 1. The fourth-order valence-electron chi connectivity index (χ4n) is 2.39. The molecule has 0 unspecified atom stereocenters. The van der Waals surface area contributed by atoms with Crippen LogP contribution in [0.1, 0.15) is 22.6 Å². The zero-order chi connectivity index (χ0) is 14.1. The first-order valence-corrected chi connectivity index (χ1v) is 6.75. The van der Waals surface area contributed by atoms with E-state index in [9.17, 15) is 0 Å². The average Bonchev–Trinajstić information content (AvgIpc) is 2.76. The van der Waals surface area contributed by atoms with E-state index < -0.39 is 0 Å². The molecule has 0 bridgehead atoms. The summed E-state index contributed by atoms with van der Waals surface area (Å²) in [6.07, 6.45) is 0. The lowest BCUT2D eigenvalue weighted by molar-refractivity contribution is 1.02. The number of nitrogens with one attached hydrogen (secondary N) is 2. The van der Waals surface area contributed by atoms with E-state index in [-0.39, 0.29) is 0 Å². The van der Waals surface area contributed by atoms with Crippen LogP contribution in [0, 0.1) is 20.8 Å². The van der Waals surface area contributed by atoms with E-state index in [1.807, 2.05) is 26.8 Å². The van der Waals surface area contributed by atoms with Crippen molar-refractivity contribution in [1.29, 1.82) is 0 Å². The smallest absolute Gasteiger partial charge is 0.0825 e. The van der Waals surface area contributed by atoms with Crippen molar-refractivity contribution in [3.63, 3.8) is 0 Å². The van der Waals surface area contributed by atoms with E-state index in [1.165, 1.54) is 10.9 Å². The van der Waals surface area contributed by atoms with Crippen molar-refractivity contribution in [2.45, 2.75) is 27.3 Å². The van der Waals surface area contributed by atoms with E-state index in [1.54, 1.807) is 0 Å². The number of pyridine rings is 1. The Morgan fingerprint density at radius 1 is 1.10 bits per heavy atom. The Morgan fingerprint density at radius 3 is 2.70 bits per heavy atom. The molecule has 2 N–H and O–H groups in total. The van der Waals surface area contributed by atoms with Crippen LogP contribution in [-0.4, -0.2) is 15.2 Å². The minimum absolute atomic E-state index is 0.783. The Balaban J connectivity index is 1.83. The fraction of sp³-hybridized carbons (Fsp3) is 0.250. The summed E-state index contributed by atoms with van der Waals surface area (Å²) < 4.78 is 0. The van der Waals surface area contributed by atoms with Crippen molar-refractivity contribution >= 4 is 16.6 Å². The minimum atomic E-state index is 0.783. The number of aromatic nitrogens is 3. The molecule has 0 amide bonds. The Morgan fingerprint density at radius 2 is 1.95 bits per heavy atom. The lowest BCUT2D eigenvalue weighted by Crippen LogP contribution is -2.01. The predicted molar refractivity (Wildman–Crippen MR) is 81.9 cm³/mol. The summed E-state index contributed by atoms with van der Waals surface area (Å²) in [5.41, 5.74) is 6.49. The highest BCUT2D eigenvalue weighted by Crippen LogP contribution is 2.19. The molecule has 0 saturated carbocycles. The highest BCUT2D eigenvalue weighted by atomic mass is 15.1. The van der Waals surface area contributed by atoms with Crippen LogP contribution in [0.15, 0.2) is 30.3 Å². The Labute approximate surface area is 118 Å². The van der Waals surface area contributed by atoms with Crippen molar-refractivity contribution in [2.75, 3.05) is 5.32 Å². The highest BCUT2D eigenvalue weighted by Gasteiger charge is 2.05. The van der Waals surface area contributed by atoms with Crippen LogP contribution in [0.2, 0.25) is 0 Å². The standard InChI is InChI=1S/C16H18N4/c1-10-4-6-14-8-13(5-7-15(14)18-10)9-17-16-11(2)19-20-12(16)3/h4-8,17H,9H2,1-3H3,(H,19,20). The maximum Gasteiger partial charge on any atom is 0.0825 e. The first-order valence-electron chi connectivity index (χ1n) is 6.75. The first-order chi connectivity index (χ1) is 9.63. The van der Waals surface area contributed by atoms with Gasteiger partial charge in [-0.15, -0.1) is 0 Å². The summed E-state index contributed by atoms with van der Waals surface area (Å²) in [5.74, 6) is 0. The van der Waals surface area contributed by atoms with Gasteiger partial charge in [-0.25, -0.2) is 0 Å². The molecule has 1 aromatic carbocycles. The van der Waals surface area contributed by atoms with Crippen molar-refractivity contribution in [3.8, 4) is 0 Å². The number of fused-ring (bicyclic) bond motifs is 1. The average molecular weight is 266 g/mol. The molecule has 0 aliphatic heterocycles. The molecule has 0 atom stereocenters. The predicted octanol–water partition coefficient (Wildman–Crippen LogP) is 3.50. The molecule has 4 heteroatoms. The summed E-state index contributed by atoms with van der Waals surface area (Å²) in [5, 5.41) is 11.8. The van der Waals surface area contributed by atoms with E-state index >= 15 is 0 Å². The SMILES string of the molecule is Cc1ccc2cc(CNc3c(C)n[nH]c3C)ccc2n1. The third-order valence-electron chi connectivity index (χ3n) is 3.49. The van der Waals surface area contributed by atoms with Crippen molar-refractivity contribution in [3.05, 3.63) is 53.0 Å². The third-order valence-corrected chi connectivity index (χ3v) is 3.49. The normalized spacial score (nSPS) is 10.9. The zero-order valence-corrected chi connectivity index (χ0v) is 12.0. The number of H-pyrrole nitrogens is 1. The van der Waals surface area contributed by atoms with Gasteiger partial charge in [0.05, 0.1) is 22.6 Å². The number of hydrogen-bond acceptors (Lipinski definition) is 3. The Hall–Kier alpha value is -2.36. The van der Waals surface area contributed by atoms with Gasteiger partial charge < -0.3 is 5.32 Å². The van der Waals surface area contributed by atoms with Crippen LogP contribution in [0.25, 0.3) is 10.9 Å². The largest absolute Gasteiger partial charge is 0.378 e. The van der Waals surface area contributed by atoms with Gasteiger partial charge in [-0.1, -0.05) is 12.1 Å². The van der Waals surface area contributed by atoms with Crippen molar-refractivity contribution in [2.24, 2.45) is 0 Å². The quantitative estimate of drug-likeness (QED) is 0.763. The maximum atomic E-state index is 4.52. The first kappa shape index (κ1) is 12.7. The Kier molecular flexibility index (Phi) is 3.14. The van der Waals surface area contributed by atoms with Gasteiger partial charge in [0.15, 0.2) is 0 Å². The minimum Gasteiger partial charge on any atom is -0.378 e. The van der Waals surface area contributed by atoms with Gasteiger partial charge in [-0.3, -0.25) is 10.1 Å². The van der Waals surface area contributed by atoms with E-state index in [0.29, 0.717) is 0 Å². The fourth-order valence-corrected chi connectivity index (χ4v) is 2.39. The second kappa shape index (κ2) is 4.96. The summed E-state index contributed by atoms with van der Waals surface area (Å²) >= 11 is 0. The third kappa shape index (κ3) is 2.37. The molecule has 0 aliphatic rings. The molecule has 2 heterocycles. The number of anilines is 1. The molecule has 0 fully saturated rings. The molecule has 0 aliphatic carbocycles. The monoisotopic (exact) mass is 266 g/mol. The molecule has 3 rings (SSSR count). The van der Waals surface area contributed by atoms with Gasteiger partial charge in [0, 0.05) is 17.6 Å². The van der Waals surface area contributed by atoms with Gasteiger partial charge in [0.25, 0.3) is 0 Å². The van der Waals surface area contributed by atoms with Crippen LogP contribution in [-0.2, 0) is 6.54 Å². The van der Waals surface area contributed by atoms with Gasteiger partial charge >= 0.3 is 0 Å². The van der Waals surface area contributed by atoms with Crippen LogP contribution in [0.3, 0.4) is 0 Å². The molecule has 3 aromatic rings. The van der Waals surface area contributed by atoms with E-state index in [0.717, 1.165) is 34.8 Å². The summed E-state index contributed by atoms with van der Waals surface area (Å²) in [6.45, 7) is 6.82. The van der Waals surface area contributed by atoms with Crippen LogP contribution in [0.5, 0.6) is 0 Å². The number of rotatable bonds is 3. The molecule has 4 nitrogen and oxygen atoms in total. The zero-order valence-electron chi connectivity index (χ0n) is 12.0. The molecule has 0 saturated heterocycles. The molecule has 2 aromatic heterocycles.